The molecule has 0 aromatic rings. The molecule has 0 heterocycles. The minimum Gasteiger partial charge on any atom is -0.383 e. The second kappa shape index (κ2) is 12.2. The van der Waals surface area contributed by atoms with Gasteiger partial charge in [-0.25, -0.2) is 0 Å². The second-order valence-electron chi connectivity index (χ2n) is 4.84. The van der Waals surface area contributed by atoms with Gasteiger partial charge in [-0.05, 0) is 12.8 Å². The number of carbonyl (C=O) groups is 1. The number of ether oxygens (including phenoxy) is 1. The fourth-order valence-electron chi connectivity index (χ4n) is 2.16. The zero-order chi connectivity index (χ0) is 13.9. The lowest BCUT2D eigenvalue weighted by atomic mass is 9.95. The molecule has 0 aromatic heterocycles. The molecular weight excluding hydrogens is 371 g/mol. The molecule has 1 fully saturated rings. The Morgan fingerprint density at radius 1 is 1.35 bits per heavy atom. The SMILES string of the molecule is COCCN=C(N)NCCC(=O)NC1CCCCC1.I. The topological polar surface area (TPSA) is 88.7 Å². The van der Waals surface area contributed by atoms with Crippen molar-refractivity contribution < 1.29 is 9.53 Å². The molecule has 0 atom stereocenters. The minimum absolute atomic E-state index is 0. The van der Waals surface area contributed by atoms with E-state index in [-0.39, 0.29) is 29.9 Å². The van der Waals surface area contributed by atoms with Gasteiger partial charge in [0.05, 0.1) is 13.2 Å². The van der Waals surface area contributed by atoms with Crippen LogP contribution in [-0.2, 0) is 9.53 Å². The number of carbonyl (C=O) groups excluding carboxylic acids is 1. The molecule has 0 bridgehead atoms. The van der Waals surface area contributed by atoms with Gasteiger partial charge >= 0.3 is 0 Å². The molecule has 0 aromatic carbocycles. The predicted molar refractivity (Wildman–Crippen MR) is 91.4 cm³/mol. The Morgan fingerprint density at radius 3 is 2.70 bits per heavy atom. The Balaban J connectivity index is 0.00000361. The van der Waals surface area contributed by atoms with Crippen LogP contribution in [0, 0.1) is 0 Å². The summed E-state index contributed by atoms with van der Waals surface area (Å²) in [5, 5.41) is 5.99. The lowest BCUT2D eigenvalue weighted by molar-refractivity contribution is -0.121. The van der Waals surface area contributed by atoms with E-state index in [1.54, 1.807) is 7.11 Å². The second-order valence-corrected chi connectivity index (χ2v) is 4.84. The average Bonchev–Trinajstić information content (AvgIpc) is 2.40. The first kappa shape index (κ1) is 19.4. The first-order valence-electron chi connectivity index (χ1n) is 7.04. The normalized spacial score (nSPS) is 16.4. The van der Waals surface area contributed by atoms with Crippen molar-refractivity contribution in [1.29, 1.82) is 0 Å². The van der Waals surface area contributed by atoms with E-state index in [0.717, 1.165) is 12.8 Å². The monoisotopic (exact) mass is 398 g/mol. The number of guanidine groups is 1. The molecule has 6 nitrogen and oxygen atoms in total. The van der Waals surface area contributed by atoms with Gasteiger partial charge < -0.3 is 21.1 Å². The van der Waals surface area contributed by atoms with Gasteiger partial charge in [-0.1, -0.05) is 19.3 Å². The molecule has 7 heteroatoms. The summed E-state index contributed by atoms with van der Waals surface area (Å²) in [6.45, 7) is 1.59. The predicted octanol–water partition coefficient (Wildman–Crippen LogP) is 0.994. The summed E-state index contributed by atoms with van der Waals surface area (Å²) in [6.07, 6.45) is 6.39. The van der Waals surface area contributed by atoms with Crippen LogP contribution in [0.3, 0.4) is 0 Å². The van der Waals surface area contributed by atoms with E-state index in [9.17, 15) is 4.79 Å². The van der Waals surface area contributed by atoms with Crippen LogP contribution < -0.4 is 16.4 Å². The number of hydrogen-bond acceptors (Lipinski definition) is 3. The van der Waals surface area contributed by atoms with Crippen LogP contribution in [0.15, 0.2) is 4.99 Å². The number of hydrogen-bond donors (Lipinski definition) is 3. The third-order valence-electron chi connectivity index (χ3n) is 3.21. The van der Waals surface area contributed by atoms with Crippen LogP contribution in [-0.4, -0.2) is 44.7 Å². The third-order valence-corrected chi connectivity index (χ3v) is 3.21. The molecule has 1 saturated carbocycles. The average molecular weight is 398 g/mol. The molecule has 0 saturated heterocycles. The molecule has 1 aliphatic rings. The van der Waals surface area contributed by atoms with E-state index in [1.807, 2.05) is 0 Å². The lowest BCUT2D eigenvalue weighted by Crippen LogP contribution is -2.39. The van der Waals surface area contributed by atoms with E-state index in [1.165, 1.54) is 19.3 Å². The fourth-order valence-corrected chi connectivity index (χ4v) is 2.16. The fraction of sp³-hybridized carbons (Fsp3) is 0.846. The highest BCUT2D eigenvalue weighted by atomic mass is 127. The van der Waals surface area contributed by atoms with E-state index in [0.29, 0.717) is 38.1 Å². The van der Waals surface area contributed by atoms with Crippen molar-refractivity contribution in [1.82, 2.24) is 10.6 Å². The number of methoxy groups -OCH3 is 1. The van der Waals surface area contributed by atoms with E-state index in [2.05, 4.69) is 15.6 Å². The summed E-state index contributed by atoms with van der Waals surface area (Å²) in [4.78, 5) is 15.8. The molecule has 118 valence electrons. The lowest BCUT2D eigenvalue weighted by Gasteiger charge is -2.22. The van der Waals surface area contributed by atoms with Crippen molar-refractivity contribution in [3.63, 3.8) is 0 Å². The molecule has 20 heavy (non-hydrogen) atoms. The van der Waals surface area contributed by atoms with Gasteiger partial charge in [-0.3, -0.25) is 9.79 Å². The summed E-state index contributed by atoms with van der Waals surface area (Å²) in [7, 11) is 1.62. The van der Waals surface area contributed by atoms with Gasteiger partial charge in [0.1, 0.15) is 0 Å². The van der Waals surface area contributed by atoms with Crippen LogP contribution in [0.25, 0.3) is 0 Å². The van der Waals surface area contributed by atoms with Crippen LogP contribution in [0.5, 0.6) is 0 Å². The van der Waals surface area contributed by atoms with E-state index >= 15 is 0 Å². The van der Waals surface area contributed by atoms with E-state index in [4.69, 9.17) is 10.5 Å². The van der Waals surface area contributed by atoms with Gasteiger partial charge in [0, 0.05) is 26.1 Å². The first-order chi connectivity index (χ1) is 9.22. The van der Waals surface area contributed by atoms with Gasteiger partial charge in [0.25, 0.3) is 0 Å². The summed E-state index contributed by atoms with van der Waals surface area (Å²) < 4.78 is 4.86. The number of amides is 1. The van der Waals surface area contributed by atoms with Crippen molar-refractivity contribution in [2.45, 2.75) is 44.6 Å². The number of aliphatic imine (C=N–C) groups is 1. The van der Waals surface area contributed by atoms with Gasteiger partial charge in [-0.15, -0.1) is 24.0 Å². The van der Waals surface area contributed by atoms with Crippen molar-refractivity contribution in [3.05, 3.63) is 0 Å². The molecule has 1 rings (SSSR count). The highest BCUT2D eigenvalue weighted by molar-refractivity contribution is 14.0. The maximum atomic E-state index is 11.7. The third kappa shape index (κ3) is 9.35. The Hall–Kier alpha value is -0.570. The Morgan fingerprint density at radius 2 is 2.05 bits per heavy atom. The maximum absolute atomic E-state index is 11.7. The number of nitrogens with one attached hydrogen (secondary N) is 2. The Labute approximate surface area is 138 Å². The van der Waals surface area contributed by atoms with E-state index < -0.39 is 0 Å². The number of rotatable bonds is 7. The van der Waals surface area contributed by atoms with Crippen molar-refractivity contribution in [2.75, 3.05) is 26.8 Å². The molecule has 0 spiro atoms. The van der Waals surface area contributed by atoms with Crippen molar-refractivity contribution in [3.8, 4) is 0 Å². The molecule has 0 aliphatic heterocycles. The quantitative estimate of drug-likeness (QED) is 0.258. The van der Waals surface area contributed by atoms with Crippen LogP contribution >= 0.6 is 24.0 Å². The van der Waals surface area contributed by atoms with Crippen LogP contribution in [0.4, 0.5) is 0 Å². The standard InChI is InChI=1S/C13H26N4O2.HI/c1-19-10-9-16-13(14)15-8-7-12(18)17-11-5-3-2-4-6-11;/h11H,2-10H2,1H3,(H,17,18)(H3,14,15,16);1H. The highest BCUT2D eigenvalue weighted by Gasteiger charge is 2.15. The van der Waals surface area contributed by atoms with Gasteiger partial charge in [0.2, 0.25) is 5.91 Å². The smallest absolute Gasteiger partial charge is 0.221 e. The summed E-state index contributed by atoms with van der Waals surface area (Å²) >= 11 is 0. The largest absolute Gasteiger partial charge is 0.383 e. The molecule has 1 amide bonds. The van der Waals surface area contributed by atoms with Gasteiger partial charge in [0.15, 0.2) is 5.96 Å². The van der Waals surface area contributed by atoms with Gasteiger partial charge in [-0.2, -0.15) is 0 Å². The van der Waals surface area contributed by atoms with Crippen LogP contribution in [0.1, 0.15) is 38.5 Å². The molecule has 1 aliphatic carbocycles. The first-order valence-corrected chi connectivity index (χ1v) is 7.04. The molecule has 0 unspecified atom stereocenters. The van der Waals surface area contributed by atoms with Crippen LogP contribution in [0.2, 0.25) is 0 Å². The molecule has 4 N–H and O–H groups in total. The minimum atomic E-state index is 0. The van der Waals surface area contributed by atoms with Crippen molar-refractivity contribution in [2.24, 2.45) is 10.7 Å². The number of halogens is 1. The number of nitrogens with two attached hydrogens (primary N) is 1. The zero-order valence-corrected chi connectivity index (χ0v) is 14.5. The maximum Gasteiger partial charge on any atom is 0.221 e. The highest BCUT2D eigenvalue weighted by Crippen LogP contribution is 2.17. The molecular formula is C13H27IN4O2. The number of nitrogens with zero attached hydrogens (tertiary/aromatic N) is 1. The summed E-state index contributed by atoms with van der Waals surface area (Å²) in [5.41, 5.74) is 5.64. The zero-order valence-electron chi connectivity index (χ0n) is 12.2. The Bertz CT molecular complexity index is 294. The summed E-state index contributed by atoms with van der Waals surface area (Å²) in [5.74, 6) is 0.451. The Kier molecular flexibility index (Phi) is 11.8. The summed E-state index contributed by atoms with van der Waals surface area (Å²) in [6, 6.07) is 0.369. The molecule has 0 radical (unpaired) electrons. The van der Waals surface area contributed by atoms with Crippen molar-refractivity contribution >= 4 is 35.8 Å².